The Morgan fingerprint density at radius 3 is 2.41 bits per heavy atom. The summed E-state index contributed by atoms with van der Waals surface area (Å²) in [5.41, 5.74) is 4.68. The van der Waals surface area contributed by atoms with E-state index in [0.29, 0.717) is 16.2 Å². The van der Waals surface area contributed by atoms with Gasteiger partial charge in [0, 0.05) is 11.1 Å². The zero-order chi connectivity index (χ0) is 18.5. The molecule has 0 bridgehead atoms. The topological polar surface area (TPSA) is 58.8 Å². The van der Waals surface area contributed by atoms with Gasteiger partial charge >= 0.3 is 0 Å². The highest BCUT2D eigenvalue weighted by Crippen LogP contribution is 2.27. The van der Waals surface area contributed by atoms with Crippen LogP contribution < -0.4 is 11.0 Å². The Hall–Kier alpha value is -3.38. The summed E-state index contributed by atoms with van der Waals surface area (Å²) in [4.78, 5) is 18.6. The van der Waals surface area contributed by atoms with Gasteiger partial charge < -0.3 is 0 Å². The maximum absolute atomic E-state index is 13.0. The number of nitrogens with zero attached hydrogens (tertiary/aromatic N) is 3. The van der Waals surface area contributed by atoms with E-state index in [2.05, 4.69) is 15.5 Å². The Balaban J connectivity index is 1.75. The largest absolute Gasteiger partial charge is 0.279 e. The number of hydrogen-bond donors (Lipinski definition) is 1. The lowest BCUT2D eigenvalue weighted by Gasteiger charge is -2.08. The molecule has 2 aromatic carbocycles. The molecule has 0 amide bonds. The molecule has 4 aromatic rings. The van der Waals surface area contributed by atoms with Crippen LogP contribution in [0.25, 0.3) is 5.65 Å². The molecule has 0 radical (unpaired) electrons. The number of para-hydroxylation sites is 1. The fourth-order valence-corrected chi connectivity index (χ4v) is 3.46. The second-order valence-corrected chi connectivity index (χ2v) is 6.78. The van der Waals surface area contributed by atoms with Gasteiger partial charge in [-0.05, 0) is 36.4 Å². The smallest absolute Gasteiger partial charge is 0.267 e. The van der Waals surface area contributed by atoms with Gasteiger partial charge in [0.25, 0.3) is 5.56 Å². The minimum atomic E-state index is -0.155. The number of rotatable bonds is 5. The lowest BCUT2D eigenvalue weighted by Crippen LogP contribution is -2.21. The molecule has 0 atom stereocenters. The van der Waals surface area contributed by atoms with Crippen LogP contribution in [0, 0.1) is 0 Å². The van der Waals surface area contributed by atoms with Crippen LogP contribution in [0.5, 0.6) is 0 Å². The molecule has 0 spiro atoms. The number of anilines is 1. The van der Waals surface area contributed by atoms with Crippen molar-refractivity contribution in [3.8, 4) is 0 Å². The van der Waals surface area contributed by atoms with Crippen molar-refractivity contribution in [3.63, 3.8) is 0 Å². The van der Waals surface area contributed by atoms with Crippen LogP contribution in [0.1, 0.15) is 5.56 Å². The second-order valence-electron chi connectivity index (χ2n) is 5.72. The van der Waals surface area contributed by atoms with Gasteiger partial charge in [-0.1, -0.05) is 54.2 Å². The fraction of sp³-hybridized carbons (Fsp3) is 0. The van der Waals surface area contributed by atoms with E-state index in [9.17, 15) is 4.79 Å². The maximum atomic E-state index is 13.0. The van der Waals surface area contributed by atoms with Crippen LogP contribution >= 0.6 is 11.8 Å². The number of fused-ring (bicyclic) bond motifs is 1. The van der Waals surface area contributed by atoms with Crippen molar-refractivity contribution in [2.75, 3.05) is 5.43 Å². The Morgan fingerprint density at radius 2 is 1.63 bits per heavy atom. The van der Waals surface area contributed by atoms with Crippen LogP contribution in [0.4, 0.5) is 5.69 Å². The Morgan fingerprint density at radius 1 is 0.926 bits per heavy atom. The molecular formula is C21H16N4OS. The van der Waals surface area contributed by atoms with Crippen LogP contribution in [-0.2, 0) is 0 Å². The van der Waals surface area contributed by atoms with Crippen molar-refractivity contribution < 1.29 is 0 Å². The summed E-state index contributed by atoms with van der Waals surface area (Å²) in [6.45, 7) is 0. The average molecular weight is 372 g/mol. The molecule has 6 heteroatoms. The van der Waals surface area contributed by atoms with E-state index in [1.54, 1.807) is 6.20 Å². The van der Waals surface area contributed by atoms with Gasteiger partial charge in [-0.2, -0.15) is 5.10 Å². The van der Waals surface area contributed by atoms with Gasteiger partial charge in [0.05, 0.1) is 17.5 Å². The standard InChI is InChI=1S/C21H16N4OS/c26-21-18(15-22-24-16-9-3-1-4-10-16)20(27-17-11-5-2-6-12-17)23-19-13-7-8-14-25(19)21/h1-15,24H/b22-15-. The first-order chi connectivity index (χ1) is 13.3. The molecule has 2 heterocycles. The van der Waals surface area contributed by atoms with Gasteiger partial charge in [0.1, 0.15) is 10.7 Å². The quantitative estimate of drug-likeness (QED) is 0.322. The zero-order valence-electron chi connectivity index (χ0n) is 14.3. The summed E-state index contributed by atoms with van der Waals surface area (Å²) >= 11 is 1.45. The number of benzene rings is 2. The van der Waals surface area contributed by atoms with Crippen molar-refractivity contribution in [1.82, 2.24) is 9.38 Å². The van der Waals surface area contributed by atoms with Crippen LogP contribution in [-0.4, -0.2) is 15.6 Å². The molecule has 132 valence electrons. The molecule has 1 N–H and O–H groups in total. The molecule has 0 aliphatic rings. The van der Waals surface area contributed by atoms with Crippen molar-refractivity contribution in [1.29, 1.82) is 0 Å². The van der Waals surface area contributed by atoms with Crippen molar-refractivity contribution in [3.05, 3.63) is 101 Å². The minimum absolute atomic E-state index is 0.155. The first kappa shape index (κ1) is 17.1. The fourth-order valence-electron chi connectivity index (χ4n) is 2.55. The number of pyridine rings is 1. The number of nitrogens with one attached hydrogen (secondary N) is 1. The van der Waals surface area contributed by atoms with Crippen LogP contribution in [0.2, 0.25) is 0 Å². The third kappa shape index (κ3) is 3.91. The highest BCUT2D eigenvalue weighted by molar-refractivity contribution is 7.99. The summed E-state index contributed by atoms with van der Waals surface area (Å²) in [6, 6.07) is 24.9. The van der Waals surface area contributed by atoms with Gasteiger partial charge in [-0.15, -0.1) is 0 Å². The van der Waals surface area contributed by atoms with Crippen molar-refractivity contribution in [2.45, 2.75) is 9.92 Å². The monoisotopic (exact) mass is 372 g/mol. The van der Waals surface area contributed by atoms with Gasteiger partial charge in [-0.3, -0.25) is 14.6 Å². The van der Waals surface area contributed by atoms with Crippen LogP contribution in [0.15, 0.2) is 105 Å². The molecular weight excluding hydrogens is 356 g/mol. The first-order valence-corrected chi connectivity index (χ1v) is 9.21. The van der Waals surface area contributed by atoms with E-state index in [1.165, 1.54) is 22.4 Å². The number of aromatic nitrogens is 2. The Bertz CT molecular complexity index is 1140. The molecule has 5 nitrogen and oxygen atoms in total. The second kappa shape index (κ2) is 7.88. The van der Waals surface area contributed by atoms with Crippen LogP contribution in [0.3, 0.4) is 0 Å². The summed E-state index contributed by atoms with van der Waals surface area (Å²) in [5.74, 6) is 0. The molecule has 27 heavy (non-hydrogen) atoms. The van der Waals surface area contributed by atoms with E-state index < -0.39 is 0 Å². The molecule has 2 aromatic heterocycles. The van der Waals surface area contributed by atoms with Gasteiger partial charge in [-0.25, -0.2) is 4.98 Å². The average Bonchev–Trinajstić information content (AvgIpc) is 2.72. The summed E-state index contributed by atoms with van der Waals surface area (Å²) in [6.07, 6.45) is 3.25. The zero-order valence-corrected chi connectivity index (χ0v) is 15.1. The van der Waals surface area contributed by atoms with Gasteiger partial charge in [0.15, 0.2) is 0 Å². The molecule has 0 aliphatic carbocycles. The third-order valence-electron chi connectivity index (χ3n) is 3.85. The first-order valence-electron chi connectivity index (χ1n) is 8.40. The highest BCUT2D eigenvalue weighted by atomic mass is 32.2. The summed E-state index contributed by atoms with van der Waals surface area (Å²) in [5, 5.41) is 4.86. The van der Waals surface area contributed by atoms with E-state index in [4.69, 9.17) is 0 Å². The van der Waals surface area contributed by atoms with Gasteiger partial charge in [0.2, 0.25) is 0 Å². The molecule has 0 saturated carbocycles. The van der Waals surface area contributed by atoms with Crippen molar-refractivity contribution >= 4 is 29.3 Å². The minimum Gasteiger partial charge on any atom is -0.279 e. The number of hydrogen-bond acceptors (Lipinski definition) is 5. The Kier molecular flexibility index (Phi) is 4.98. The normalized spacial score (nSPS) is 11.1. The molecule has 0 aliphatic heterocycles. The van der Waals surface area contributed by atoms with Crippen molar-refractivity contribution in [2.24, 2.45) is 5.10 Å². The maximum Gasteiger partial charge on any atom is 0.267 e. The molecule has 0 saturated heterocycles. The van der Waals surface area contributed by atoms with E-state index in [0.717, 1.165) is 10.6 Å². The molecule has 0 unspecified atom stereocenters. The highest BCUT2D eigenvalue weighted by Gasteiger charge is 2.12. The lowest BCUT2D eigenvalue weighted by atomic mass is 10.3. The van der Waals surface area contributed by atoms with E-state index >= 15 is 0 Å². The van der Waals surface area contributed by atoms with E-state index in [1.807, 2.05) is 78.9 Å². The predicted octanol–water partition coefficient (Wildman–Crippen LogP) is 4.29. The Labute approximate surface area is 160 Å². The molecule has 4 rings (SSSR count). The molecule has 0 fully saturated rings. The summed E-state index contributed by atoms with van der Waals surface area (Å²) < 4.78 is 1.53. The summed E-state index contributed by atoms with van der Waals surface area (Å²) in [7, 11) is 0. The predicted molar refractivity (Wildman–Crippen MR) is 110 cm³/mol. The lowest BCUT2D eigenvalue weighted by molar-refractivity contribution is 0.977. The van der Waals surface area contributed by atoms with E-state index in [-0.39, 0.29) is 5.56 Å². The third-order valence-corrected chi connectivity index (χ3v) is 4.87. The SMILES string of the molecule is O=c1c(/C=N\Nc2ccccc2)c(Sc2ccccc2)nc2ccccn12. The number of hydrazone groups is 1.